The second-order valence-electron chi connectivity index (χ2n) is 7.26. The van der Waals surface area contributed by atoms with Crippen molar-refractivity contribution in [3.05, 3.63) is 86.9 Å². The van der Waals surface area contributed by atoms with Crippen molar-refractivity contribution < 1.29 is 4.79 Å². The fourth-order valence-electron chi connectivity index (χ4n) is 3.25. The number of carbonyl (C=O) groups excluding carboxylic acids is 1. The first kappa shape index (κ1) is 22.0. The molecule has 4 rings (SSSR count). The Morgan fingerprint density at radius 1 is 1.12 bits per heavy atom. The van der Waals surface area contributed by atoms with E-state index in [-0.39, 0.29) is 34.9 Å². The molecule has 0 atom stereocenters. The number of hydrogen-bond donors (Lipinski definition) is 1. The number of benzene rings is 2. The molecule has 0 saturated heterocycles. The standard InChI is InChI=1S/C23H20ClN5O2S/c1-14-7-8-18(15(2)11-14)27-19(30)13-32-23-28-21-20(25-9-10-26-21)22(31)29(23)12-16-5-3-4-6-17(16)24/h3-11H,12-13H2,1-2H3,(H,27,30). The lowest BCUT2D eigenvalue weighted by molar-refractivity contribution is -0.113. The number of carbonyl (C=O) groups is 1. The molecule has 1 N–H and O–H groups in total. The van der Waals surface area contributed by atoms with Gasteiger partial charge >= 0.3 is 0 Å². The van der Waals surface area contributed by atoms with Gasteiger partial charge in [-0.05, 0) is 37.1 Å². The average molecular weight is 466 g/mol. The molecule has 162 valence electrons. The van der Waals surface area contributed by atoms with Crippen LogP contribution in [-0.2, 0) is 11.3 Å². The molecule has 2 aromatic carbocycles. The molecule has 4 aromatic rings. The zero-order chi connectivity index (χ0) is 22.7. The summed E-state index contributed by atoms with van der Waals surface area (Å²) in [4.78, 5) is 38.5. The van der Waals surface area contributed by atoms with Gasteiger partial charge in [0.15, 0.2) is 16.3 Å². The van der Waals surface area contributed by atoms with Crippen LogP contribution in [0.4, 0.5) is 5.69 Å². The number of nitrogens with one attached hydrogen (secondary N) is 1. The van der Waals surface area contributed by atoms with Crippen LogP contribution in [-0.4, -0.2) is 31.2 Å². The van der Waals surface area contributed by atoms with Crippen molar-refractivity contribution in [1.29, 1.82) is 0 Å². The molecular formula is C23H20ClN5O2S. The minimum absolute atomic E-state index is 0.0774. The van der Waals surface area contributed by atoms with E-state index in [1.165, 1.54) is 28.7 Å². The molecule has 0 unspecified atom stereocenters. The minimum atomic E-state index is -0.333. The van der Waals surface area contributed by atoms with Crippen LogP contribution >= 0.6 is 23.4 Å². The molecule has 32 heavy (non-hydrogen) atoms. The number of thioether (sulfide) groups is 1. The summed E-state index contributed by atoms with van der Waals surface area (Å²) in [5, 5.41) is 3.83. The molecule has 0 spiro atoms. The molecule has 2 aromatic heterocycles. The third kappa shape index (κ3) is 4.81. The van der Waals surface area contributed by atoms with Gasteiger partial charge < -0.3 is 5.32 Å². The van der Waals surface area contributed by atoms with Crippen molar-refractivity contribution in [2.75, 3.05) is 11.1 Å². The fourth-order valence-corrected chi connectivity index (χ4v) is 4.23. The quantitative estimate of drug-likeness (QED) is 0.338. The van der Waals surface area contributed by atoms with Crippen LogP contribution in [0.1, 0.15) is 16.7 Å². The first-order chi connectivity index (χ1) is 15.4. The van der Waals surface area contributed by atoms with Gasteiger partial charge in [-0.1, -0.05) is 59.3 Å². The number of nitrogens with zero attached hydrogens (tertiary/aromatic N) is 4. The molecule has 7 nitrogen and oxygen atoms in total. The topological polar surface area (TPSA) is 89.8 Å². The number of fused-ring (bicyclic) bond motifs is 1. The maximum atomic E-state index is 13.1. The Morgan fingerprint density at radius 3 is 2.69 bits per heavy atom. The van der Waals surface area contributed by atoms with Gasteiger partial charge in [0.1, 0.15) is 0 Å². The number of amides is 1. The Kier molecular flexibility index (Phi) is 6.53. The Hall–Kier alpha value is -3.23. The van der Waals surface area contributed by atoms with Crippen molar-refractivity contribution in [3.63, 3.8) is 0 Å². The van der Waals surface area contributed by atoms with Gasteiger partial charge in [0.2, 0.25) is 5.91 Å². The maximum Gasteiger partial charge on any atom is 0.282 e. The van der Waals surface area contributed by atoms with Gasteiger partial charge in [-0.2, -0.15) is 0 Å². The van der Waals surface area contributed by atoms with E-state index >= 15 is 0 Å². The summed E-state index contributed by atoms with van der Waals surface area (Å²) in [5.41, 5.74) is 3.71. The van der Waals surface area contributed by atoms with Crippen LogP contribution in [0.25, 0.3) is 11.2 Å². The highest BCUT2D eigenvalue weighted by atomic mass is 35.5. The molecule has 0 saturated carbocycles. The lowest BCUT2D eigenvalue weighted by Gasteiger charge is -2.14. The Morgan fingerprint density at radius 2 is 1.91 bits per heavy atom. The zero-order valence-electron chi connectivity index (χ0n) is 17.5. The summed E-state index contributed by atoms with van der Waals surface area (Å²) in [5.74, 6) is -0.117. The van der Waals surface area contributed by atoms with Gasteiger partial charge in [-0.25, -0.2) is 15.0 Å². The number of halogens is 1. The molecule has 0 bridgehead atoms. The van der Waals surface area contributed by atoms with E-state index in [9.17, 15) is 9.59 Å². The average Bonchev–Trinajstić information content (AvgIpc) is 2.78. The first-order valence-electron chi connectivity index (χ1n) is 9.87. The van der Waals surface area contributed by atoms with E-state index in [0.29, 0.717) is 10.2 Å². The van der Waals surface area contributed by atoms with Gasteiger partial charge in [-0.3, -0.25) is 14.2 Å². The highest BCUT2D eigenvalue weighted by Crippen LogP contribution is 2.22. The third-order valence-electron chi connectivity index (χ3n) is 4.83. The number of anilines is 1. The normalized spacial score (nSPS) is 11.0. The smallest absolute Gasteiger partial charge is 0.282 e. The van der Waals surface area contributed by atoms with Crippen molar-refractivity contribution in [3.8, 4) is 0 Å². The predicted octanol–water partition coefficient (Wildman–Crippen LogP) is 4.24. The van der Waals surface area contributed by atoms with Crippen molar-refractivity contribution >= 4 is 46.1 Å². The molecule has 0 aliphatic carbocycles. The van der Waals surface area contributed by atoms with Crippen molar-refractivity contribution in [2.45, 2.75) is 25.5 Å². The van der Waals surface area contributed by atoms with E-state index in [2.05, 4.69) is 20.3 Å². The van der Waals surface area contributed by atoms with Gasteiger partial charge in [0.25, 0.3) is 5.56 Å². The van der Waals surface area contributed by atoms with Gasteiger partial charge in [0, 0.05) is 23.1 Å². The van der Waals surface area contributed by atoms with E-state index in [0.717, 1.165) is 22.4 Å². The molecule has 1 amide bonds. The zero-order valence-corrected chi connectivity index (χ0v) is 19.1. The first-order valence-corrected chi connectivity index (χ1v) is 11.2. The summed E-state index contributed by atoms with van der Waals surface area (Å²) in [6, 6.07) is 13.1. The van der Waals surface area contributed by atoms with Crippen LogP contribution in [0.3, 0.4) is 0 Å². The van der Waals surface area contributed by atoms with Crippen LogP contribution in [0.15, 0.2) is 64.8 Å². The number of hydrogen-bond acceptors (Lipinski definition) is 6. The number of aryl methyl sites for hydroxylation is 2. The lowest BCUT2D eigenvalue weighted by atomic mass is 10.1. The van der Waals surface area contributed by atoms with Crippen LogP contribution in [0.5, 0.6) is 0 Å². The molecule has 0 aliphatic rings. The van der Waals surface area contributed by atoms with E-state index < -0.39 is 0 Å². The van der Waals surface area contributed by atoms with Crippen LogP contribution in [0.2, 0.25) is 5.02 Å². The van der Waals surface area contributed by atoms with Crippen molar-refractivity contribution in [1.82, 2.24) is 19.5 Å². The summed E-state index contributed by atoms with van der Waals surface area (Å²) in [6.45, 7) is 4.15. The Balaban J connectivity index is 1.62. The summed E-state index contributed by atoms with van der Waals surface area (Å²) in [7, 11) is 0. The van der Waals surface area contributed by atoms with Crippen molar-refractivity contribution in [2.24, 2.45) is 0 Å². The Bertz CT molecular complexity index is 1370. The SMILES string of the molecule is Cc1ccc(NC(=O)CSc2nc3nccnc3c(=O)n2Cc2ccccc2Cl)c(C)c1. The molecule has 0 radical (unpaired) electrons. The van der Waals surface area contributed by atoms with Crippen LogP contribution in [0, 0.1) is 13.8 Å². The van der Waals surface area contributed by atoms with E-state index in [4.69, 9.17) is 11.6 Å². The highest BCUT2D eigenvalue weighted by molar-refractivity contribution is 7.99. The van der Waals surface area contributed by atoms with Gasteiger partial charge in [-0.15, -0.1) is 0 Å². The second-order valence-corrected chi connectivity index (χ2v) is 8.61. The molecule has 0 fully saturated rings. The molecule has 2 heterocycles. The summed E-state index contributed by atoms with van der Waals surface area (Å²) < 4.78 is 1.48. The lowest BCUT2D eigenvalue weighted by Crippen LogP contribution is -2.26. The second kappa shape index (κ2) is 9.50. The van der Waals surface area contributed by atoms with E-state index in [1.54, 1.807) is 6.07 Å². The number of rotatable bonds is 6. The molecular weight excluding hydrogens is 446 g/mol. The predicted molar refractivity (Wildman–Crippen MR) is 127 cm³/mol. The molecule has 9 heteroatoms. The number of aromatic nitrogens is 4. The minimum Gasteiger partial charge on any atom is -0.325 e. The monoisotopic (exact) mass is 465 g/mol. The van der Waals surface area contributed by atoms with E-state index in [1.807, 2.05) is 50.2 Å². The molecule has 0 aliphatic heterocycles. The fraction of sp³-hybridized carbons (Fsp3) is 0.174. The third-order valence-corrected chi connectivity index (χ3v) is 6.18. The van der Waals surface area contributed by atoms with Gasteiger partial charge in [0.05, 0.1) is 12.3 Å². The largest absolute Gasteiger partial charge is 0.325 e. The van der Waals surface area contributed by atoms with Crippen LogP contribution < -0.4 is 10.9 Å². The summed E-state index contributed by atoms with van der Waals surface area (Å²) >= 11 is 7.47. The summed E-state index contributed by atoms with van der Waals surface area (Å²) in [6.07, 6.45) is 2.93. The highest BCUT2D eigenvalue weighted by Gasteiger charge is 2.16. The maximum absolute atomic E-state index is 13.1. The Labute approximate surface area is 193 Å².